The lowest BCUT2D eigenvalue weighted by atomic mass is 9.98. The van der Waals surface area contributed by atoms with Gasteiger partial charge < -0.3 is 0 Å². The van der Waals surface area contributed by atoms with Crippen molar-refractivity contribution in [1.82, 2.24) is 5.48 Å². The van der Waals surface area contributed by atoms with E-state index in [-0.39, 0.29) is 12.0 Å². The summed E-state index contributed by atoms with van der Waals surface area (Å²) in [5.41, 5.74) is 2.38. The van der Waals surface area contributed by atoms with Crippen LogP contribution in [0.25, 0.3) is 0 Å². The number of amides is 1. The van der Waals surface area contributed by atoms with Crippen LogP contribution in [-0.2, 0) is 9.63 Å². The van der Waals surface area contributed by atoms with Crippen molar-refractivity contribution in [2.45, 2.75) is 45.1 Å². The molecule has 0 aliphatic heterocycles. The van der Waals surface area contributed by atoms with E-state index >= 15 is 0 Å². The number of carbonyl (C=O) groups excluding carboxylic acids is 1. The molecule has 1 N–H and O–H groups in total. The Morgan fingerprint density at radius 2 is 2.00 bits per heavy atom. The Kier molecular flexibility index (Phi) is 3.36. The fourth-order valence-corrected chi connectivity index (χ4v) is 1.35. The molecule has 1 aliphatic rings. The summed E-state index contributed by atoms with van der Waals surface area (Å²) in [4.78, 5) is 15.6. The van der Waals surface area contributed by atoms with Crippen LogP contribution in [0.3, 0.4) is 0 Å². The van der Waals surface area contributed by atoms with Gasteiger partial charge in [-0.3, -0.25) is 9.63 Å². The van der Waals surface area contributed by atoms with Gasteiger partial charge in [0.2, 0.25) is 5.91 Å². The highest BCUT2D eigenvalue weighted by molar-refractivity contribution is 5.71. The molecule has 64 valence electrons. The molecule has 0 atom stereocenters. The predicted molar refractivity (Wildman–Crippen MR) is 41.8 cm³/mol. The number of hydrogen-bond donors (Lipinski definition) is 1. The Bertz CT molecular complexity index is 130. The van der Waals surface area contributed by atoms with Gasteiger partial charge in [-0.05, 0) is 12.8 Å². The van der Waals surface area contributed by atoms with Crippen molar-refractivity contribution >= 4 is 5.91 Å². The number of hydrogen-bond acceptors (Lipinski definition) is 2. The summed E-state index contributed by atoms with van der Waals surface area (Å²) in [6.07, 6.45) is 6.18. The molecule has 0 aromatic rings. The van der Waals surface area contributed by atoms with Crippen molar-refractivity contribution in [2.24, 2.45) is 0 Å². The minimum absolute atomic E-state index is 0.115. The van der Waals surface area contributed by atoms with E-state index in [9.17, 15) is 4.79 Å². The summed E-state index contributed by atoms with van der Waals surface area (Å²) in [6.45, 7) is 1.46. The van der Waals surface area contributed by atoms with Crippen LogP contribution in [0.2, 0.25) is 0 Å². The highest BCUT2D eigenvalue weighted by Gasteiger charge is 2.13. The average molecular weight is 157 g/mol. The molecule has 0 saturated heterocycles. The van der Waals surface area contributed by atoms with Gasteiger partial charge >= 0.3 is 0 Å². The Labute approximate surface area is 67.1 Å². The summed E-state index contributed by atoms with van der Waals surface area (Å²) in [5.74, 6) is -0.115. The van der Waals surface area contributed by atoms with Gasteiger partial charge in [-0.2, -0.15) is 0 Å². The van der Waals surface area contributed by atoms with Crippen molar-refractivity contribution in [2.75, 3.05) is 0 Å². The molecule has 0 heterocycles. The van der Waals surface area contributed by atoms with Crippen LogP contribution in [0.1, 0.15) is 39.0 Å². The quantitative estimate of drug-likeness (QED) is 0.615. The van der Waals surface area contributed by atoms with E-state index < -0.39 is 0 Å². The molecule has 1 fully saturated rings. The fourth-order valence-electron chi connectivity index (χ4n) is 1.35. The van der Waals surface area contributed by atoms with Crippen molar-refractivity contribution in [1.29, 1.82) is 0 Å². The molecule has 3 heteroatoms. The summed E-state index contributed by atoms with van der Waals surface area (Å²) in [5, 5.41) is 0. The highest BCUT2D eigenvalue weighted by Crippen LogP contribution is 2.19. The molecule has 1 rings (SSSR count). The summed E-state index contributed by atoms with van der Waals surface area (Å²) >= 11 is 0. The van der Waals surface area contributed by atoms with E-state index in [0.717, 1.165) is 12.8 Å². The largest absolute Gasteiger partial charge is 0.273 e. The minimum atomic E-state index is -0.115. The van der Waals surface area contributed by atoms with Gasteiger partial charge in [0.1, 0.15) is 0 Å². The maximum absolute atomic E-state index is 10.5. The Hall–Kier alpha value is -0.570. The second kappa shape index (κ2) is 4.34. The monoisotopic (exact) mass is 157 g/mol. The second-order valence-electron chi connectivity index (χ2n) is 3.04. The third-order valence-corrected chi connectivity index (χ3v) is 1.92. The smallest absolute Gasteiger partial charge is 0.240 e. The minimum Gasteiger partial charge on any atom is -0.273 e. The topological polar surface area (TPSA) is 38.3 Å². The van der Waals surface area contributed by atoms with Crippen LogP contribution in [0.15, 0.2) is 0 Å². The molecule has 0 radical (unpaired) electrons. The van der Waals surface area contributed by atoms with E-state index in [1.54, 1.807) is 0 Å². The molecular weight excluding hydrogens is 142 g/mol. The number of nitrogens with one attached hydrogen (secondary N) is 1. The van der Waals surface area contributed by atoms with E-state index in [1.165, 1.54) is 26.2 Å². The molecule has 3 nitrogen and oxygen atoms in total. The maximum atomic E-state index is 10.5. The SMILES string of the molecule is CC(=O)NOC1CCCCC1. The highest BCUT2D eigenvalue weighted by atomic mass is 16.7. The number of carbonyl (C=O) groups is 1. The molecule has 0 aromatic heterocycles. The summed E-state index contributed by atoms with van der Waals surface area (Å²) < 4.78 is 0. The van der Waals surface area contributed by atoms with Crippen molar-refractivity contribution < 1.29 is 9.63 Å². The van der Waals surface area contributed by atoms with Gasteiger partial charge in [0.15, 0.2) is 0 Å². The van der Waals surface area contributed by atoms with E-state index in [0.29, 0.717) is 0 Å². The normalized spacial score (nSPS) is 19.7. The van der Waals surface area contributed by atoms with Gasteiger partial charge in [0.25, 0.3) is 0 Å². The van der Waals surface area contributed by atoms with Gasteiger partial charge in [0.05, 0.1) is 6.10 Å². The van der Waals surface area contributed by atoms with Crippen LogP contribution in [0.4, 0.5) is 0 Å². The standard InChI is InChI=1S/C8H15NO2/c1-7(10)9-11-8-5-3-2-4-6-8/h8H,2-6H2,1H3,(H,9,10). The van der Waals surface area contributed by atoms with Crippen LogP contribution in [-0.4, -0.2) is 12.0 Å². The summed E-state index contributed by atoms with van der Waals surface area (Å²) in [7, 11) is 0. The van der Waals surface area contributed by atoms with Crippen LogP contribution in [0.5, 0.6) is 0 Å². The molecule has 1 saturated carbocycles. The van der Waals surface area contributed by atoms with Crippen molar-refractivity contribution in [3.8, 4) is 0 Å². The van der Waals surface area contributed by atoms with Gasteiger partial charge in [-0.25, -0.2) is 5.48 Å². The average Bonchev–Trinajstić information content (AvgIpc) is 2.03. The Balaban J connectivity index is 2.09. The number of hydroxylamine groups is 1. The predicted octanol–water partition coefficient (Wildman–Crippen LogP) is 1.39. The molecular formula is C8H15NO2. The van der Waals surface area contributed by atoms with Crippen LogP contribution < -0.4 is 5.48 Å². The first kappa shape index (κ1) is 8.53. The zero-order chi connectivity index (χ0) is 8.10. The number of rotatable bonds is 2. The molecule has 0 bridgehead atoms. The third kappa shape index (κ3) is 3.37. The van der Waals surface area contributed by atoms with Crippen LogP contribution >= 0.6 is 0 Å². The molecule has 0 aromatic carbocycles. The van der Waals surface area contributed by atoms with Crippen molar-refractivity contribution in [3.05, 3.63) is 0 Å². The Morgan fingerprint density at radius 3 is 2.55 bits per heavy atom. The van der Waals surface area contributed by atoms with E-state index in [4.69, 9.17) is 4.84 Å². The van der Waals surface area contributed by atoms with Gasteiger partial charge in [0, 0.05) is 6.92 Å². The van der Waals surface area contributed by atoms with E-state index in [2.05, 4.69) is 5.48 Å². The summed E-state index contributed by atoms with van der Waals surface area (Å²) in [6, 6.07) is 0. The first-order valence-corrected chi connectivity index (χ1v) is 4.21. The lowest BCUT2D eigenvalue weighted by Gasteiger charge is -2.20. The molecule has 1 amide bonds. The molecule has 11 heavy (non-hydrogen) atoms. The zero-order valence-corrected chi connectivity index (χ0v) is 6.93. The lowest BCUT2D eigenvalue weighted by molar-refractivity contribution is -0.137. The first-order valence-electron chi connectivity index (χ1n) is 4.21. The fraction of sp³-hybridized carbons (Fsp3) is 0.875. The third-order valence-electron chi connectivity index (χ3n) is 1.92. The van der Waals surface area contributed by atoms with Gasteiger partial charge in [-0.1, -0.05) is 19.3 Å². The van der Waals surface area contributed by atoms with Crippen LogP contribution in [0, 0.1) is 0 Å². The zero-order valence-electron chi connectivity index (χ0n) is 6.93. The molecule has 1 aliphatic carbocycles. The Morgan fingerprint density at radius 1 is 1.36 bits per heavy atom. The van der Waals surface area contributed by atoms with E-state index in [1.807, 2.05) is 0 Å². The first-order chi connectivity index (χ1) is 5.29. The van der Waals surface area contributed by atoms with Gasteiger partial charge in [-0.15, -0.1) is 0 Å². The maximum Gasteiger partial charge on any atom is 0.240 e. The lowest BCUT2D eigenvalue weighted by Crippen LogP contribution is -2.28. The molecule has 0 spiro atoms. The second-order valence-corrected chi connectivity index (χ2v) is 3.04. The molecule has 0 unspecified atom stereocenters. The van der Waals surface area contributed by atoms with Crippen molar-refractivity contribution in [3.63, 3.8) is 0 Å².